The van der Waals surface area contributed by atoms with Crippen LogP contribution in [0.4, 0.5) is 0 Å². The van der Waals surface area contributed by atoms with Gasteiger partial charge in [-0.3, -0.25) is 14.1 Å². The van der Waals surface area contributed by atoms with Gasteiger partial charge in [-0.25, -0.2) is 15.0 Å². The zero-order chi connectivity index (χ0) is 42.1. The molecule has 64 heavy (non-hydrogen) atoms. The molecule has 5 aromatic heterocycles. The smallest absolute Gasteiger partial charge is 0.238 e. The third-order valence-electron chi connectivity index (χ3n) is 12.3. The fourth-order valence-corrected chi connectivity index (χ4v) is 9.18. The Hall–Kier alpha value is -8.88. The van der Waals surface area contributed by atoms with Gasteiger partial charge in [-0.1, -0.05) is 152 Å². The van der Waals surface area contributed by atoms with Crippen LogP contribution in [0.1, 0.15) is 0 Å². The highest BCUT2D eigenvalue weighted by atomic mass is 15.2. The average molecular weight is 819 g/mol. The number of pyridine rings is 1. The molecule has 0 fully saturated rings. The van der Waals surface area contributed by atoms with Gasteiger partial charge in [0.05, 0.1) is 45.7 Å². The van der Waals surface area contributed by atoms with Crippen molar-refractivity contribution in [2.75, 3.05) is 0 Å². The summed E-state index contributed by atoms with van der Waals surface area (Å²) in [5, 5.41) is 7.67. The first-order valence-corrected chi connectivity index (χ1v) is 21.3. The van der Waals surface area contributed by atoms with Gasteiger partial charge >= 0.3 is 0 Å². The highest BCUT2D eigenvalue weighted by Gasteiger charge is 2.22. The Morgan fingerprint density at radius 2 is 0.891 bits per heavy atom. The molecule has 8 nitrogen and oxygen atoms in total. The zero-order valence-electron chi connectivity index (χ0n) is 34.2. The van der Waals surface area contributed by atoms with Crippen LogP contribution in [-0.4, -0.2) is 39.0 Å². The molecular formula is C56H34N8. The van der Waals surface area contributed by atoms with Crippen molar-refractivity contribution in [3.8, 4) is 57.1 Å². The van der Waals surface area contributed by atoms with Crippen LogP contribution in [-0.2, 0) is 0 Å². The molecule has 0 aliphatic rings. The summed E-state index contributed by atoms with van der Waals surface area (Å²) in [5.74, 6) is 2.44. The van der Waals surface area contributed by atoms with Crippen molar-refractivity contribution in [1.82, 2.24) is 39.0 Å². The van der Waals surface area contributed by atoms with Crippen LogP contribution in [0, 0.1) is 0 Å². The summed E-state index contributed by atoms with van der Waals surface area (Å²) in [6.45, 7) is 0. The van der Waals surface area contributed by atoms with E-state index in [4.69, 9.17) is 29.9 Å². The van der Waals surface area contributed by atoms with E-state index in [-0.39, 0.29) is 0 Å². The Morgan fingerprint density at radius 3 is 1.67 bits per heavy atom. The standard InChI is InChI=1S/C56H34N8/c1-2-12-35(13-3-1)37-22-25-39(26-23-37)54-60-55(41-27-24-36-14-4-5-16-40(36)30-41)62-56(61-54)64-50-21-11-8-18-43(50)45-31-51-44(32-52(45)64)42-17-7-10-20-49(42)63(51)53-34-57-33-48(59-53)47-29-28-38-15-6-9-19-46(38)58-47/h1-34H. The van der Waals surface area contributed by atoms with Gasteiger partial charge in [-0.15, -0.1) is 0 Å². The quantitative estimate of drug-likeness (QED) is 0.166. The minimum Gasteiger partial charge on any atom is -0.292 e. The summed E-state index contributed by atoms with van der Waals surface area (Å²) in [6.07, 6.45) is 3.62. The number of nitrogens with zero attached hydrogens (tertiary/aromatic N) is 8. The van der Waals surface area contributed by atoms with Crippen LogP contribution in [0.3, 0.4) is 0 Å². The third-order valence-corrected chi connectivity index (χ3v) is 12.3. The highest BCUT2D eigenvalue weighted by Crippen LogP contribution is 2.40. The Balaban J connectivity index is 1.03. The number of hydrogen-bond donors (Lipinski definition) is 0. The number of hydrogen-bond acceptors (Lipinski definition) is 6. The lowest BCUT2D eigenvalue weighted by molar-refractivity contribution is 0.954. The topological polar surface area (TPSA) is 87.2 Å². The largest absolute Gasteiger partial charge is 0.292 e. The molecule has 0 bridgehead atoms. The van der Waals surface area contributed by atoms with Gasteiger partial charge in [0, 0.05) is 38.1 Å². The van der Waals surface area contributed by atoms with Crippen LogP contribution >= 0.6 is 0 Å². The molecule has 13 rings (SSSR count). The van der Waals surface area contributed by atoms with E-state index in [1.165, 1.54) is 0 Å². The Bertz CT molecular complexity index is 3960. The third kappa shape index (κ3) is 5.85. The van der Waals surface area contributed by atoms with Gasteiger partial charge in [0.15, 0.2) is 17.5 Å². The second kappa shape index (κ2) is 14.4. The minimum atomic E-state index is 0.538. The lowest BCUT2D eigenvalue weighted by Crippen LogP contribution is -2.06. The second-order valence-electron chi connectivity index (χ2n) is 16.0. The van der Waals surface area contributed by atoms with E-state index in [2.05, 4.69) is 173 Å². The van der Waals surface area contributed by atoms with Gasteiger partial charge in [-0.2, -0.15) is 9.97 Å². The zero-order valence-corrected chi connectivity index (χ0v) is 34.2. The lowest BCUT2D eigenvalue weighted by atomic mass is 10.0. The summed E-state index contributed by atoms with van der Waals surface area (Å²) in [7, 11) is 0. The van der Waals surface area contributed by atoms with E-state index >= 15 is 0 Å². The van der Waals surface area contributed by atoms with E-state index in [9.17, 15) is 0 Å². The molecule has 0 N–H and O–H groups in total. The van der Waals surface area contributed by atoms with Crippen molar-refractivity contribution >= 4 is 65.3 Å². The van der Waals surface area contributed by atoms with Gasteiger partial charge in [0.25, 0.3) is 0 Å². The molecule has 0 amide bonds. The van der Waals surface area contributed by atoms with Gasteiger partial charge in [-0.05, 0) is 64.4 Å². The Morgan fingerprint density at radius 1 is 0.312 bits per heavy atom. The molecule has 8 aromatic carbocycles. The first-order valence-electron chi connectivity index (χ1n) is 21.3. The molecule has 13 aromatic rings. The van der Waals surface area contributed by atoms with Crippen molar-refractivity contribution < 1.29 is 0 Å². The van der Waals surface area contributed by atoms with Gasteiger partial charge in [0.1, 0.15) is 5.69 Å². The monoisotopic (exact) mass is 818 g/mol. The van der Waals surface area contributed by atoms with Crippen LogP contribution in [0.15, 0.2) is 207 Å². The van der Waals surface area contributed by atoms with Crippen LogP contribution in [0.2, 0.25) is 0 Å². The van der Waals surface area contributed by atoms with Crippen molar-refractivity contribution in [2.45, 2.75) is 0 Å². The number of rotatable bonds is 6. The van der Waals surface area contributed by atoms with Crippen LogP contribution < -0.4 is 0 Å². The first kappa shape index (κ1) is 35.8. The SMILES string of the molecule is c1ccc(-c2ccc(-c3nc(-c4ccc5ccccc5c4)nc(-n4c5ccccc5c5cc6c(cc54)c4ccccc4n6-c4cncc(-c5ccc6ccccc6n5)n4)n3)cc2)cc1. The van der Waals surface area contributed by atoms with E-state index in [0.29, 0.717) is 29.1 Å². The molecule has 0 saturated carbocycles. The lowest BCUT2D eigenvalue weighted by Gasteiger charge is -2.12. The average Bonchev–Trinajstić information content (AvgIpc) is 3.87. The van der Waals surface area contributed by atoms with Crippen molar-refractivity contribution in [3.05, 3.63) is 207 Å². The molecule has 0 unspecified atom stereocenters. The number of benzene rings is 8. The first-order chi connectivity index (χ1) is 31.7. The maximum atomic E-state index is 5.31. The molecule has 0 radical (unpaired) electrons. The van der Waals surface area contributed by atoms with Crippen molar-refractivity contribution in [2.24, 2.45) is 0 Å². The van der Waals surface area contributed by atoms with Crippen LogP contribution in [0.25, 0.3) is 122 Å². The Labute approximate surface area is 366 Å². The number of para-hydroxylation sites is 3. The normalized spacial score (nSPS) is 11.8. The predicted octanol–water partition coefficient (Wildman–Crippen LogP) is 13.2. The summed E-state index contributed by atoms with van der Waals surface area (Å²) >= 11 is 0. The second-order valence-corrected chi connectivity index (χ2v) is 16.0. The van der Waals surface area contributed by atoms with Crippen LogP contribution in [0.5, 0.6) is 0 Å². The molecular weight excluding hydrogens is 785 g/mol. The number of fused-ring (bicyclic) bond motifs is 8. The maximum absolute atomic E-state index is 5.31. The van der Waals surface area contributed by atoms with E-state index in [1.54, 1.807) is 6.20 Å². The summed E-state index contributed by atoms with van der Waals surface area (Å²) in [6, 6.07) is 67.4. The van der Waals surface area contributed by atoms with E-state index in [0.717, 1.165) is 93.2 Å². The maximum Gasteiger partial charge on any atom is 0.238 e. The molecule has 0 spiro atoms. The predicted molar refractivity (Wildman–Crippen MR) is 259 cm³/mol. The molecule has 0 saturated heterocycles. The van der Waals surface area contributed by atoms with E-state index in [1.807, 2.05) is 36.5 Å². The Kier molecular flexibility index (Phi) is 8.04. The molecule has 5 heterocycles. The summed E-state index contributed by atoms with van der Waals surface area (Å²) in [5.41, 5.74) is 10.5. The van der Waals surface area contributed by atoms with Crippen molar-refractivity contribution in [1.29, 1.82) is 0 Å². The number of aromatic nitrogens is 8. The fourth-order valence-electron chi connectivity index (χ4n) is 9.18. The summed E-state index contributed by atoms with van der Waals surface area (Å²) < 4.78 is 4.40. The molecule has 0 aliphatic heterocycles. The summed E-state index contributed by atoms with van der Waals surface area (Å²) in [4.78, 5) is 30.7. The van der Waals surface area contributed by atoms with E-state index < -0.39 is 0 Å². The molecule has 0 atom stereocenters. The van der Waals surface area contributed by atoms with Gasteiger partial charge < -0.3 is 0 Å². The fraction of sp³-hybridized carbons (Fsp3) is 0. The molecule has 8 heteroatoms. The van der Waals surface area contributed by atoms with Gasteiger partial charge in [0.2, 0.25) is 5.95 Å². The van der Waals surface area contributed by atoms with Crippen molar-refractivity contribution in [3.63, 3.8) is 0 Å². The molecule has 298 valence electrons. The highest BCUT2D eigenvalue weighted by molar-refractivity contribution is 6.19. The minimum absolute atomic E-state index is 0.538. The molecule has 0 aliphatic carbocycles.